The van der Waals surface area contributed by atoms with Gasteiger partial charge in [0.1, 0.15) is 17.2 Å². The number of fused-ring (bicyclic) bond motifs is 8. The van der Waals surface area contributed by atoms with E-state index in [9.17, 15) is 0 Å². The molecular weight excluding hydrogens is 538 g/mol. The molecule has 0 saturated heterocycles. The minimum atomic E-state index is -0.844. The van der Waals surface area contributed by atoms with Crippen molar-refractivity contribution in [3.63, 3.8) is 0 Å². The molecule has 0 spiro atoms. The highest BCUT2D eigenvalue weighted by atomic mass is 16.5. The van der Waals surface area contributed by atoms with Gasteiger partial charge in [-0.2, -0.15) is 0 Å². The van der Waals surface area contributed by atoms with E-state index in [1.54, 1.807) is 0 Å². The van der Waals surface area contributed by atoms with Gasteiger partial charge in [-0.3, -0.25) is 0 Å². The van der Waals surface area contributed by atoms with E-state index in [0.29, 0.717) is 5.69 Å². The van der Waals surface area contributed by atoms with Gasteiger partial charge in [0.25, 0.3) is 0 Å². The van der Waals surface area contributed by atoms with Gasteiger partial charge in [-0.1, -0.05) is 123 Å². The molecule has 0 saturated carbocycles. The van der Waals surface area contributed by atoms with Crippen LogP contribution in [0.1, 0.15) is 41.7 Å². The molecule has 1 unspecified atom stereocenters. The Morgan fingerprint density at radius 3 is 2.05 bits per heavy atom. The fourth-order valence-electron chi connectivity index (χ4n) is 7.05. The lowest BCUT2D eigenvalue weighted by atomic mass is 9.76. The molecule has 0 N–H and O–H groups in total. The summed E-state index contributed by atoms with van der Waals surface area (Å²) in [5.74, 6) is 2.44. The second kappa shape index (κ2) is 9.73. The largest absolute Gasteiger partial charge is 0.472 e. The average molecular weight is 568 g/mol. The van der Waals surface area contributed by atoms with Crippen LogP contribution in [0.2, 0.25) is 0 Å². The number of benzene rings is 6. The Morgan fingerprint density at radius 1 is 0.682 bits per heavy atom. The lowest BCUT2D eigenvalue weighted by Crippen LogP contribution is -2.35. The van der Waals surface area contributed by atoms with Crippen molar-refractivity contribution in [2.24, 2.45) is 0 Å². The first-order chi connectivity index (χ1) is 21.5. The zero-order chi connectivity index (χ0) is 29.9. The predicted octanol–water partition coefficient (Wildman–Crippen LogP) is 10.8. The summed E-state index contributed by atoms with van der Waals surface area (Å²) in [4.78, 5) is 3.74. The van der Waals surface area contributed by atoms with Crippen LogP contribution in [0.4, 0.5) is 5.69 Å². The number of rotatable bonds is 4. The fourth-order valence-corrected chi connectivity index (χ4v) is 7.05. The molecule has 2 aliphatic rings. The van der Waals surface area contributed by atoms with Gasteiger partial charge >= 0.3 is 0 Å². The summed E-state index contributed by atoms with van der Waals surface area (Å²) in [5, 5.41) is 2.24. The molecule has 210 valence electrons. The van der Waals surface area contributed by atoms with Crippen LogP contribution < -0.4 is 9.47 Å². The van der Waals surface area contributed by atoms with Crippen LogP contribution >= 0.6 is 0 Å². The molecule has 1 aliphatic heterocycles. The van der Waals surface area contributed by atoms with Gasteiger partial charge in [-0.25, -0.2) is 4.85 Å². The Hall–Kier alpha value is -5.59. The van der Waals surface area contributed by atoms with E-state index < -0.39 is 5.60 Å². The van der Waals surface area contributed by atoms with Crippen LogP contribution in [-0.4, -0.2) is 0 Å². The van der Waals surface area contributed by atoms with E-state index in [-0.39, 0.29) is 5.41 Å². The van der Waals surface area contributed by atoms with E-state index in [4.69, 9.17) is 16.0 Å². The number of ether oxygens (including phenoxy) is 2. The van der Waals surface area contributed by atoms with Crippen molar-refractivity contribution in [2.45, 2.75) is 24.9 Å². The predicted molar refractivity (Wildman–Crippen MR) is 178 cm³/mol. The Balaban J connectivity index is 1.33. The van der Waals surface area contributed by atoms with E-state index in [1.807, 2.05) is 54.6 Å². The molecule has 0 bridgehead atoms. The minimum absolute atomic E-state index is 0.309. The standard InChI is InChI=1S/C41H29NO2/c1-40(2)36-26-29(42-3)20-23-34(36)37-32-16-10-11-17-33(32)39-35(38(37)40)24-25-41(44-39,27-12-6-4-7-13-27)28-18-21-31(22-19-28)43-30-14-8-5-9-15-30/h4-26H,1-2H3. The molecule has 0 radical (unpaired) electrons. The van der Waals surface area contributed by atoms with Crippen LogP contribution in [0, 0.1) is 6.57 Å². The third-order valence-corrected chi connectivity index (χ3v) is 9.12. The normalized spacial score (nSPS) is 17.2. The minimum Gasteiger partial charge on any atom is -0.472 e. The molecule has 6 aromatic rings. The maximum Gasteiger partial charge on any atom is 0.187 e. The number of hydrogen-bond donors (Lipinski definition) is 0. The quantitative estimate of drug-likeness (QED) is 0.198. The van der Waals surface area contributed by atoms with Crippen molar-refractivity contribution in [1.82, 2.24) is 0 Å². The highest BCUT2D eigenvalue weighted by Gasteiger charge is 2.44. The van der Waals surface area contributed by atoms with Gasteiger partial charge in [0, 0.05) is 27.5 Å². The zero-order valence-corrected chi connectivity index (χ0v) is 24.5. The van der Waals surface area contributed by atoms with Crippen LogP contribution in [0.25, 0.3) is 32.8 Å². The van der Waals surface area contributed by atoms with Gasteiger partial charge in [0.05, 0.1) is 6.57 Å². The van der Waals surface area contributed by atoms with Crippen molar-refractivity contribution in [3.8, 4) is 28.4 Å². The Labute approximate surface area is 257 Å². The third-order valence-electron chi connectivity index (χ3n) is 9.12. The van der Waals surface area contributed by atoms with Crippen LogP contribution in [0.5, 0.6) is 17.2 Å². The maximum atomic E-state index is 7.64. The molecule has 6 aromatic carbocycles. The summed E-state index contributed by atoms with van der Waals surface area (Å²) in [6.07, 6.45) is 4.46. The van der Waals surface area contributed by atoms with Crippen molar-refractivity contribution >= 4 is 22.5 Å². The van der Waals surface area contributed by atoms with E-state index in [2.05, 4.69) is 104 Å². The average Bonchev–Trinajstić information content (AvgIpc) is 3.32. The van der Waals surface area contributed by atoms with Crippen molar-refractivity contribution < 1.29 is 9.47 Å². The number of para-hydroxylation sites is 1. The van der Waals surface area contributed by atoms with Gasteiger partial charge in [0.2, 0.25) is 0 Å². The van der Waals surface area contributed by atoms with E-state index in [0.717, 1.165) is 44.7 Å². The summed E-state index contributed by atoms with van der Waals surface area (Å²) in [6.45, 7) is 12.2. The lowest BCUT2D eigenvalue weighted by Gasteiger charge is -2.38. The molecule has 0 aromatic heterocycles. The summed E-state index contributed by atoms with van der Waals surface area (Å²) in [6, 6.07) is 43.1. The SMILES string of the molecule is [C-]#[N+]c1ccc2c(c1)C(C)(C)c1c3c(c4ccccc4c1-2)OC(c1ccccc1)(c1ccc(Oc2ccccc2)cc1)C=C3. The van der Waals surface area contributed by atoms with Gasteiger partial charge in [-0.15, -0.1) is 0 Å². The topological polar surface area (TPSA) is 22.8 Å². The molecule has 3 heteroatoms. The molecule has 1 atom stereocenters. The van der Waals surface area contributed by atoms with Crippen molar-refractivity contribution in [2.75, 3.05) is 0 Å². The highest BCUT2D eigenvalue weighted by Crippen LogP contribution is 2.58. The van der Waals surface area contributed by atoms with Crippen LogP contribution in [0.15, 0.2) is 133 Å². The molecule has 1 aliphatic carbocycles. The van der Waals surface area contributed by atoms with E-state index in [1.165, 1.54) is 22.3 Å². The molecular formula is C41H29NO2. The first-order valence-electron chi connectivity index (χ1n) is 14.9. The first kappa shape index (κ1) is 26.1. The fraction of sp³-hybridized carbons (Fsp3) is 0.0976. The third kappa shape index (κ3) is 3.81. The second-order valence-corrected chi connectivity index (χ2v) is 12.0. The summed E-state index contributed by atoms with van der Waals surface area (Å²) in [7, 11) is 0. The molecule has 8 rings (SSSR count). The molecule has 3 nitrogen and oxygen atoms in total. The smallest absolute Gasteiger partial charge is 0.187 e. The van der Waals surface area contributed by atoms with Gasteiger partial charge < -0.3 is 9.47 Å². The Kier molecular flexibility index (Phi) is 5.76. The Bertz CT molecular complexity index is 2140. The number of nitrogens with zero attached hydrogens (tertiary/aromatic N) is 1. The van der Waals surface area contributed by atoms with Crippen molar-refractivity contribution in [3.05, 3.63) is 173 Å². The van der Waals surface area contributed by atoms with Crippen LogP contribution in [0.3, 0.4) is 0 Å². The molecule has 1 heterocycles. The van der Waals surface area contributed by atoms with Gasteiger partial charge in [-0.05, 0) is 58.0 Å². The summed E-state index contributed by atoms with van der Waals surface area (Å²) >= 11 is 0. The van der Waals surface area contributed by atoms with Crippen LogP contribution in [-0.2, 0) is 11.0 Å². The molecule has 0 amide bonds. The monoisotopic (exact) mass is 567 g/mol. The van der Waals surface area contributed by atoms with E-state index >= 15 is 0 Å². The maximum absolute atomic E-state index is 7.64. The second-order valence-electron chi connectivity index (χ2n) is 12.0. The molecule has 44 heavy (non-hydrogen) atoms. The lowest BCUT2D eigenvalue weighted by molar-refractivity contribution is 0.163. The molecule has 0 fully saturated rings. The first-order valence-corrected chi connectivity index (χ1v) is 14.9. The van der Waals surface area contributed by atoms with Gasteiger partial charge in [0.15, 0.2) is 11.3 Å². The Morgan fingerprint density at radius 2 is 1.32 bits per heavy atom. The zero-order valence-electron chi connectivity index (χ0n) is 24.5. The summed E-state index contributed by atoms with van der Waals surface area (Å²) in [5.41, 5.74) is 7.52. The highest BCUT2D eigenvalue weighted by molar-refractivity contribution is 6.08. The number of hydrogen-bond acceptors (Lipinski definition) is 2. The summed E-state index contributed by atoms with van der Waals surface area (Å²) < 4.78 is 13.5. The van der Waals surface area contributed by atoms with Crippen molar-refractivity contribution in [1.29, 1.82) is 0 Å².